The van der Waals surface area contributed by atoms with Crippen molar-refractivity contribution >= 4 is 5.69 Å². The minimum Gasteiger partial charge on any atom is -0.497 e. The fourth-order valence-corrected chi connectivity index (χ4v) is 2.39. The van der Waals surface area contributed by atoms with E-state index in [0.29, 0.717) is 0 Å². The van der Waals surface area contributed by atoms with Crippen molar-refractivity contribution < 1.29 is 9.57 Å². The van der Waals surface area contributed by atoms with Crippen LogP contribution in [0.2, 0.25) is 0 Å². The lowest BCUT2D eigenvalue weighted by Crippen LogP contribution is -2.23. The number of anilines is 1. The van der Waals surface area contributed by atoms with Crippen molar-refractivity contribution in [3.05, 3.63) is 53.6 Å². The number of ether oxygens (including phenoxy) is 1. The van der Waals surface area contributed by atoms with Gasteiger partial charge in [-0.1, -0.05) is 17.7 Å². The molecule has 3 rings (SSSR count). The van der Waals surface area contributed by atoms with Gasteiger partial charge in [-0.05, 0) is 44.2 Å². The van der Waals surface area contributed by atoms with Crippen molar-refractivity contribution in [1.82, 2.24) is 0 Å². The van der Waals surface area contributed by atoms with E-state index < -0.39 is 0 Å². The monoisotopic (exact) mass is 255 g/mol. The molecule has 1 unspecified atom stereocenters. The number of aryl methyl sites for hydroxylation is 1. The Balaban J connectivity index is 1.92. The number of hydrogen-bond donors (Lipinski definition) is 0. The zero-order chi connectivity index (χ0) is 13.4. The molecule has 0 radical (unpaired) electrons. The molecule has 1 atom stereocenters. The summed E-state index contributed by atoms with van der Waals surface area (Å²) in [6, 6.07) is 14.4. The zero-order valence-electron chi connectivity index (χ0n) is 11.4. The van der Waals surface area contributed by atoms with E-state index in [1.54, 1.807) is 7.11 Å². The van der Waals surface area contributed by atoms with E-state index >= 15 is 0 Å². The Morgan fingerprint density at radius 2 is 1.84 bits per heavy atom. The van der Waals surface area contributed by atoms with E-state index in [2.05, 4.69) is 26.0 Å². The molecular formula is C16H17NO2. The Kier molecular flexibility index (Phi) is 2.82. The molecule has 19 heavy (non-hydrogen) atoms. The number of fused-ring (bicyclic) bond motifs is 1. The molecular weight excluding hydrogens is 238 g/mol. The van der Waals surface area contributed by atoms with Crippen molar-refractivity contribution in [2.75, 3.05) is 12.2 Å². The minimum absolute atomic E-state index is 0.211. The molecule has 0 N–H and O–H groups in total. The Labute approximate surface area is 113 Å². The highest BCUT2D eigenvalue weighted by Crippen LogP contribution is 2.40. The van der Waals surface area contributed by atoms with Gasteiger partial charge in [0.2, 0.25) is 0 Å². The Morgan fingerprint density at radius 1 is 1.11 bits per heavy atom. The van der Waals surface area contributed by atoms with Crippen LogP contribution >= 0.6 is 0 Å². The maximum atomic E-state index is 5.93. The van der Waals surface area contributed by atoms with Gasteiger partial charge in [-0.15, -0.1) is 0 Å². The summed E-state index contributed by atoms with van der Waals surface area (Å²) < 4.78 is 5.18. The van der Waals surface area contributed by atoms with Gasteiger partial charge in [0.25, 0.3) is 0 Å². The molecule has 0 spiro atoms. The highest BCUT2D eigenvalue weighted by atomic mass is 16.7. The first kappa shape index (κ1) is 11.9. The molecule has 98 valence electrons. The van der Waals surface area contributed by atoms with Crippen molar-refractivity contribution in [2.24, 2.45) is 0 Å². The van der Waals surface area contributed by atoms with Gasteiger partial charge in [0.05, 0.1) is 18.8 Å². The molecule has 0 amide bonds. The van der Waals surface area contributed by atoms with Crippen LogP contribution in [0.1, 0.15) is 24.1 Å². The predicted octanol–water partition coefficient (Wildman–Crippen LogP) is 3.88. The van der Waals surface area contributed by atoms with Crippen LogP contribution in [0.3, 0.4) is 0 Å². The summed E-state index contributed by atoms with van der Waals surface area (Å²) in [5, 5.41) is 1.93. The summed E-state index contributed by atoms with van der Waals surface area (Å²) >= 11 is 0. The van der Waals surface area contributed by atoms with Gasteiger partial charge < -0.3 is 9.57 Å². The Morgan fingerprint density at radius 3 is 2.53 bits per heavy atom. The lowest BCUT2D eigenvalue weighted by atomic mass is 10.1. The van der Waals surface area contributed by atoms with E-state index in [9.17, 15) is 0 Å². The summed E-state index contributed by atoms with van der Waals surface area (Å²) in [5.74, 6) is 1.79. The minimum atomic E-state index is 0.211. The van der Waals surface area contributed by atoms with Crippen LogP contribution in [0.5, 0.6) is 11.5 Å². The third-order valence-electron chi connectivity index (χ3n) is 3.49. The second-order valence-corrected chi connectivity index (χ2v) is 4.83. The van der Waals surface area contributed by atoms with Gasteiger partial charge in [-0.2, -0.15) is 0 Å². The molecule has 0 bridgehead atoms. The van der Waals surface area contributed by atoms with Crippen molar-refractivity contribution in [2.45, 2.75) is 19.9 Å². The quantitative estimate of drug-likeness (QED) is 0.813. The second-order valence-electron chi connectivity index (χ2n) is 4.83. The van der Waals surface area contributed by atoms with Crippen LogP contribution in [0.4, 0.5) is 5.69 Å². The van der Waals surface area contributed by atoms with Crippen molar-refractivity contribution in [3.63, 3.8) is 0 Å². The summed E-state index contributed by atoms with van der Waals surface area (Å²) in [5.41, 5.74) is 3.52. The smallest absolute Gasteiger partial charge is 0.160 e. The normalized spacial score (nSPS) is 17.0. The zero-order valence-corrected chi connectivity index (χ0v) is 11.4. The molecule has 2 aromatic carbocycles. The maximum absolute atomic E-state index is 5.93. The Bertz CT molecular complexity index is 592. The van der Waals surface area contributed by atoms with Gasteiger partial charge in [0.15, 0.2) is 5.75 Å². The SMILES string of the molecule is COc1ccc(N2Oc3ccc(C)cc3C2C)cc1. The number of benzene rings is 2. The van der Waals surface area contributed by atoms with Crippen molar-refractivity contribution in [1.29, 1.82) is 0 Å². The van der Waals surface area contributed by atoms with Gasteiger partial charge in [-0.3, -0.25) is 0 Å². The fourth-order valence-electron chi connectivity index (χ4n) is 2.39. The van der Waals surface area contributed by atoms with Gasteiger partial charge in [0, 0.05) is 5.56 Å². The molecule has 3 heteroatoms. The molecule has 1 heterocycles. The number of nitrogens with zero attached hydrogens (tertiary/aromatic N) is 1. The molecule has 0 saturated heterocycles. The number of methoxy groups -OCH3 is 1. The average molecular weight is 255 g/mol. The topological polar surface area (TPSA) is 21.7 Å². The third-order valence-corrected chi connectivity index (χ3v) is 3.49. The van der Waals surface area contributed by atoms with E-state index in [1.807, 2.05) is 35.4 Å². The largest absolute Gasteiger partial charge is 0.497 e. The molecule has 1 aliphatic rings. The summed E-state index contributed by atoms with van der Waals surface area (Å²) in [6.07, 6.45) is 0. The van der Waals surface area contributed by atoms with E-state index in [4.69, 9.17) is 9.57 Å². The molecule has 0 saturated carbocycles. The van der Waals surface area contributed by atoms with Crippen LogP contribution < -0.4 is 14.6 Å². The number of hydroxylamine groups is 1. The standard InChI is InChI=1S/C16H17NO2/c1-11-4-9-16-15(10-11)12(2)17(19-16)13-5-7-14(18-3)8-6-13/h4-10,12H,1-3H3. The van der Waals surface area contributed by atoms with Gasteiger partial charge in [-0.25, -0.2) is 5.06 Å². The van der Waals surface area contributed by atoms with Crippen LogP contribution in [-0.2, 0) is 0 Å². The summed E-state index contributed by atoms with van der Waals surface area (Å²) in [4.78, 5) is 5.93. The predicted molar refractivity (Wildman–Crippen MR) is 75.7 cm³/mol. The number of hydrogen-bond acceptors (Lipinski definition) is 3. The lowest BCUT2D eigenvalue weighted by Gasteiger charge is -2.22. The van der Waals surface area contributed by atoms with Crippen LogP contribution in [-0.4, -0.2) is 7.11 Å². The molecule has 0 aromatic heterocycles. The van der Waals surface area contributed by atoms with Gasteiger partial charge in [0.1, 0.15) is 5.75 Å². The molecule has 1 aliphatic heterocycles. The van der Waals surface area contributed by atoms with Gasteiger partial charge >= 0.3 is 0 Å². The highest BCUT2D eigenvalue weighted by molar-refractivity contribution is 5.55. The van der Waals surface area contributed by atoms with Crippen LogP contribution in [0.15, 0.2) is 42.5 Å². The van der Waals surface area contributed by atoms with Crippen LogP contribution in [0, 0.1) is 6.92 Å². The third kappa shape index (κ3) is 2.01. The van der Waals surface area contributed by atoms with E-state index in [-0.39, 0.29) is 6.04 Å². The van der Waals surface area contributed by atoms with Crippen LogP contribution in [0.25, 0.3) is 0 Å². The Hall–Kier alpha value is -2.16. The van der Waals surface area contributed by atoms with E-state index in [1.165, 1.54) is 11.1 Å². The maximum Gasteiger partial charge on any atom is 0.160 e. The fraction of sp³-hybridized carbons (Fsp3) is 0.250. The second kappa shape index (κ2) is 4.50. The highest BCUT2D eigenvalue weighted by Gasteiger charge is 2.29. The summed E-state index contributed by atoms with van der Waals surface area (Å²) in [7, 11) is 1.67. The van der Waals surface area contributed by atoms with Crippen molar-refractivity contribution in [3.8, 4) is 11.5 Å². The molecule has 0 aliphatic carbocycles. The van der Waals surface area contributed by atoms with E-state index in [0.717, 1.165) is 17.2 Å². The summed E-state index contributed by atoms with van der Waals surface area (Å²) in [6.45, 7) is 4.25. The average Bonchev–Trinajstić information content (AvgIpc) is 2.76. The first-order chi connectivity index (χ1) is 9.19. The first-order valence-electron chi connectivity index (χ1n) is 6.41. The molecule has 2 aromatic rings. The first-order valence-corrected chi connectivity index (χ1v) is 6.41. The molecule has 0 fully saturated rings. The number of rotatable bonds is 2. The lowest BCUT2D eigenvalue weighted by molar-refractivity contribution is 0.287. The molecule has 3 nitrogen and oxygen atoms in total.